The minimum atomic E-state index is -0.426. The molecule has 4 aromatic rings. The summed E-state index contributed by atoms with van der Waals surface area (Å²) in [4.78, 5) is 4.81. The Hall–Kier alpha value is -2.30. The molecule has 0 aliphatic heterocycles. The number of hydrogen-bond donors (Lipinski definition) is 1. The summed E-state index contributed by atoms with van der Waals surface area (Å²) >= 11 is 6.24. The van der Waals surface area contributed by atoms with Gasteiger partial charge in [-0.15, -0.1) is 0 Å². The van der Waals surface area contributed by atoms with Gasteiger partial charge in [0.25, 0.3) is 0 Å². The van der Waals surface area contributed by atoms with Crippen molar-refractivity contribution in [2.45, 2.75) is 19.4 Å². The average molecular weight is 354 g/mol. The first kappa shape index (κ1) is 16.2. The maximum absolute atomic E-state index is 6.24. The van der Waals surface area contributed by atoms with E-state index in [4.69, 9.17) is 27.1 Å². The van der Waals surface area contributed by atoms with Gasteiger partial charge < -0.3 is 15.0 Å². The molecule has 0 bridgehead atoms. The van der Waals surface area contributed by atoms with Crippen LogP contribution in [0.5, 0.6) is 5.88 Å². The molecule has 0 radical (unpaired) electrons. The molecule has 4 rings (SSSR count). The van der Waals surface area contributed by atoms with E-state index in [-0.39, 0.29) is 0 Å². The van der Waals surface area contributed by atoms with Gasteiger partial charge in [0, 0.05) is 33.8 Å². The number of hydrogen-bond acceptors (Lipinski definition) is 3. The van der Waals surface area contributed by atoms with Crippen molar-refractivity contribution in [3.63, 3.8) is 0 Å². The lowest BCUT2D eigenvalue weighted by Gasteiger charge is -2.19. The fourth-order valence-corrected chi connectivity index (χ4v) is 3.38. The largest absolute Gasteiger partial charge is 0.475 e. The second-order valence-electron chi connectivity index (χ2n) is 7.16. The van der Waals surface area contributed by atoms with Crippen molar-refractivity contribution in [3.8, 4) is 5.88 Å². The van der Waals surface area contributed by atoms with E-state index >= 15 is 0 Å². The molecule has 2 aromatic heterocycles. The maximum Gasteiger partial charge on any atom is 0.223 e. The van der Waals surface area contributed by atoms with E-state index in [1.807, 2.05) is 57.3 Å². The monoisotopic (exact) mass is 353 g/mol. The number of aryl methyl sites for hydroxylation is 1. The Morgan fingerprint density at radius 1 is 1.12 bits per heavy atom. The van der Waals surface area contributed by atoms with E-state index < -0.39 is 5.54 Å². The van der Waals surface area contributed by atoms with Crippen molar-refractivity contribution < 1.29 is 4.74 Å². The van der Waals surface area contributed by atoms with Crippen molar-refractivity contribution in [3.05, 3.63) is 47.5 Å². The Morgan fingerprint density at radius 2 is 1.84 bits per heavy atom. The molecule has 0 atom stereocenters. The summed E-state index contributed by atoms with van der Waals surface area (Å²) in [7, 11) is 2.01. The highest BCUT2D eigenvalue weighted by molar-refractivity contribution is 6.32. The van der Waals surface area contributed by atoms with Gasteiger partial charge in [0.05, 0.1) is 5.52 Å². The molecular weight excluding hydrogens is 334 g/mol. The highest BCUT2D eigenvalue weighted by Crippen LogP contribution is 2.37. The van der Waals surface area contributed by atoms with Crippen molar-refractivity contribution >= 4 is 44.3 Å². The van der Waals surface area contributed by atoms with E-state index in [9.17, 15) is 0 Å². The first-order valence-corrected chi connectivity index (χ1v) is 8.61. The van der Waals surface area contributed by atoms with Gasteiger partial charge in [0.15, 0.2) is 0 Å². The predicted molar refractivity (Wildman–Crippen MR) is 104 cm³/mol. The first-order valence-electron chi connectivity index (χ1n) is 8.23. The van der Waals surface area contributed by atoms with Crippen LogP contribution in [0, 0.1) is 0 Å². The molecular formula is C20H20ClN3O. The second kappa shape index (κ2) is 5.61. The van der Waals surface area contributed by atoms with E-state index in [0.29, 0.717) is 17.5 Å². The third-order valence-electron chi connectivity index (χ3n) is 4.35. The summed E-state index contributed by atoms with van der Waals surface area (Å²) in [6.07, 6.45) is 0. The van der Waals surface area contributed by atoms with Crippen molar-refractivity contribution in [2.24, 2.45) is 12.8 Å². The zero-order chi connectivity index (χ0) is 17.8. The number of pyridine rings is 1. The summed E-state index contributed by atoms with van der Waals surface area (Å²) in [5.41, 5.74) is 7.62. The molecule has 2 heterocycles. The molecule has 0 aliphatic rings. The molecule has 0 amide bonds. The smallest absolute Gasteiger partial charge is 0.223 e. The van der Waals surface area contributed by atoms with Gasteiger partial charge in [-0.3, -0.25) is 0 Å². The Bertz CT molecular complexity index is 1110. The number of ether oxygens (including phenoxy) is 1. The van der Waals surface area contributed by atoms with Gasteiger partial charge >= 0.3 is 0 Å². The second-order valence-corrected chi connectivity index (χ2v) is 7.60. The summed E-state index contributed by atoms with van der Waals surface area (Å²) < 4.78 is 8.07. The van der Waals surface area contributed by atoms with Crippen LogP contribution in [0.25, 0.3) is 32.7 Å². The van der Waals surface area contributed by atoms with Crippen molar-refractivity contribution in [2.75, 3.05) is 6.61 Å². The SMILES string of the molecule is Cn1c2ccc(Cl)cc2c2c3ccccc3c(OCC(C)(C)N)nc21. The lowest BCUT2D eigenvalue weighted by atomic mass is 10.1. The lowest BCUT2D eigenvalue weighted by Crippen LogP contribution is -2.38. The Balaban J connectivity index is 2.08. The summed E-state index contributed by atoms with van der Waals surface area (Å²) in [6.45, 7) is 4.27. The minimum absolute atomic E-state index is 0.394. The van der Waals surface area contributed by atoms with Crippen LogP contribution in [0.3, 0.4) is 0 Å². The number of rotatable bonds is 3. The molecule has 0 saturated heterocycles. The zero-order valence-corrected chi connectivity index (χ0v) is 15.3. The van der Waals surface area contributed by atoms with Crippen LogP contribution in [-0.2, 0) is 7.05 Å². The number of aromatic nitrogens is 2. The summed E-state index contributed by atoms with van der Waals surface area (Å²) in [5.74, 6) is 0.610. The van der Waals surface area contributed by atoms with Crippen LogP contribution < -0.4 is 10.5 Å². The third-order valence-corrected chi connectivity index (χ3v) is 4.58. The fourth-order valence-electron chi connectivity index (χ4n) is 3.21. The quantitative estimate of drug-likeness (QED) is 0.583. The molecule has 0 spiro atoms. The number of halogens is 1. The normalized spacial score (nSPS) is 12.4. The third kappa shape index (κ3) is 2.71. The van der Waals surface area contributed by atoms with Crippen LogP contribution in [0.4, 0.5) is 0 Å². The van der Waals surface area contributed by atoms with Gasteiger partial charge in [-0.2, -0.15) is 4.98 Å². The molecule has 25 heavy (non-hydrogen) atoms. The minimum Gasteiger partial charge on any atom is -0.475 e. The highest BCUT2D eigenvalue weighted by Gasteiger charge is 2.18. The van der Waals surface area contributed by atoms with Crippen LogP contribution >= 0.6 is 11.6 Å². The zero-order valence-electron chi connectivity index (χ0n) is 14.5. The average Bonchev–Trinajstić information content (AvgIpc) is 2.84. The van der Waals surface area contributed by atoms with Gasteiger partial charge in [0.2, 0.25) is 5.88 Å². The van der Waals surface area contributed by atoms with Crippen LogP contribution in [-0.4, -0.2) is 21.7 Å². The molecule has 5 heteroatoms. The lowest BCUT2D eigenvalue weighted by molar-refractivity contribution is 0.238. The van der Waals surface area contributed by atoms with Gasteiger partial charge in [-0.1, -0.05) is 29.8 Å². The van der Waals surface area contributed by atoms with E-state index in [1.165, 1.54) is 0 Å². The molecule has 0 saturated carbocycles. The van der Waals surface area contributed by atoms with Gasteiger partial charge in [0.1, 0.15) is 12.3 Å². The number of fused-ring (bicyclic) bond motifs is 5. The van der Waals surface area contributed by atoms with E-state index in [2.05, 4.69) is 10.6 Å². The van der Waals surface area contributed by atoms with Crippen LogP contribution in [0.1, 0.15) is 13.8 Å². The Labute approximate surface area is 151 Å². The van der Waals surface area contributed by atoms with Crippen LogP contribution in [0.2, 0.25) is 5.02 Å². The topological polar surface area (TPSA) is 53.1 Å². The molecule has 0 unspecified atom stereocenters. The van der Waals surface area contributed by atoms with E-state index in [0.717, 1.165) is 32.7 Å². The van der Waals surface area contributed by atoms with E-state index in [1.54, 1.807) is 0 Å². The molecule has 2 N–H and O–H groups in total. The molecule has 0 aliphatic carbocycles. The number of benzene rings is 2. The predicted octanol–water partition coefficient (Wildman–Crippen LogP) is 4.65. The standard InChI is InChI=1S/C20H20ClN3O/c1-20(2,22)11-25-19-14-7-5-4-6-13(14)17-15-10-12(21)8-9-16(15)24(3)18(17)23-19/h4-10H,11,22H2,1-3H3. The van der Waals surface area contributed by atoms with Gasteiger partial charge in [-0.25, -0.2) is 0 Å². The molecule has 4 nitrogen and oxygen atoms in total. The van der Waals surface area contributed by atoms with Crippen molar-refractivity contribution in [1.82, 2.24) is 9.55 Å². The molecule has 2 aromatic carbocycles. The van der Waals surface area contributed by atoms with Crippen LogP contribution in [0.15, 0.2) is 42.5 Å². The molecule has 128 valence electrons. The Kier molecular flexibility index (Phi) is 3.63. The maximum atomic E-state index is 6.24. The summed E-state index contributed by atoms with van der Waals surface area (Å²) in [6, 6.07) is 14.1. The van der Waals surface area contributed by atoms with Crippen molar-refractivity contribution in [1.29, 1.82) is 0 Å². The summed E-state index contributed by atoms with van der Waals surface area (Å²) in [5, 5.41) is 4.99. The Morgan fingerprint density at radius 3 is 2.56 bits per heavy atom. The fraction of sp³-hybridized carbons (Fsp3) is 0.250. The highest BCUT2D eigenvalue weighted by atomic mass is 35.5. The van der Waals surface area contributed by atoms with Gasteiger partial charge in [-0.05, 0) is 43.5 Å². The number of nitrogens with two attached hydrogens (primary N) is 1. The first-order chi connectivity index (χ1) is 11.8. The molecule has 0 fully saturated rings. The number of nitrogens with zero attached hydrogens (tertiary/aromatic N) is 2.